The molecule has 1 amide bonds. The van der Waals surface area contributed by atoms with Crippen LogP contribution in [0.25, 0.3) is 0 Å². The van der Waals surface area contributed by atoms with Crippen molar-refractivity contribution in [3.8, 4) is 17.2 Å². The highest BCUT2D eigenvalue weighted by molar-refractivity contribution is 5.94. The Labute approximate surface area is 168 Å². The molecule has 2 aromatic rings. The van der Waals surface area contributed by atoms with E-state index in [9.17, 15) is 14.7 Å². The highest BCUT2D eigenvalue weighted by atomic mass is 16.5. The fourth-order valence-corrected chi connectivity index (χ4v) is 4.57. The number of aromatic amines is 1. The molecule has 1 saturated carbocycles. The summed E-state index contributed by atoms with van der Waals surface area (Å²) in [6, 6.07) is 3.50. The Hall–Kier alpha value is -2.90. The Bertz CT molecular complexity index is 944. The van der Waals surface area contributed by atoms with Crippen LogP contribution in [-0.4, -0.2) is 35.0 Å². The number of carbonyl (C=O) groups is 1. The van der Waals surface area contributed by atoms with E-state index >= 15 is 0 Å². The molecule has 1 unspecified atom stereocenters. The van der Waals surface area contributed by atoms with Gasteiger partial charge in [-0.25, -0.2) is 0 Å². The van der Waals surface area contributed by atoms with Crippen molar-refractivity contribution in [2.75, 3.05) is 19.5 Å². The minimum Gasteiger partial charge on any atom is -0.502 e. The zero-order valence-corrected chi connectivity index (χ0v) is 16.8. The zero-order valence-electron chi connectivity index (χ0n) is 16.8. The van der Waals surface area contributed by atoms with Crippen molar-refractivity contribution in [2.45, 2.75) is 56.9 Å². The monoisotopic (exact) mass is 401 g/mol. The number of anilines is 1. The second kappa shape index (κ2) is 7.85. The third kappa shape index (κ3) is 3.47. The molecule has 1 atom stereocenters. The molecule has 1 fully saturated rings. The summed E-state index contributed by atoms with van der Waals surface area (Å²) in [5.74, 6) is 0.351. The van der Waals surface area contributed by atoms with Crippen molar-refractivity contribution in [3.05, 3.63) is 33.6 Å². The maximum absolute atomic E-state index is 12.9. The second-order valence-electron chi connectivity index (χ2n) is 7.80. The van der Waals surface area contributed by atoms with Crippen LogP contribution in [0.15, 0.2) is 16.9 Å². The third-order valence-electron chi connectivity index (χ3n) is 6.05. The van der Waals surface area contributed by atoms with Gasteiger partial charge in [-0.05, 0) is 30.5 Å². The minimum atomic E-state index is -0.446. The van der Waals surface area contributed by atoms with Crippen LogP contribution in [-0.2, 0) is 4.79 Å². The topological polar surface area (TPSA) is 106 Å². The predicted molar refractivity (Wildman–Crippen MR) is 108 cm³/mol. The van der Waals surface area contributed by atoms with Crippen molar-refractivity contribution in [2.24, 2.45) is 0 Å². The van der Waals surface area contributed by atoms with Gasteiger partial charge in [0, 0.05) is 12.3 Å². The number of aromatic hydroxyl groups is 1. The minimum absolute atomic E-state index is 0.107. The summed E-state index contributed by atoms with van der Waals surface area (Å²) < 4.78 is 12.4. The molecule has 2 aliphatic rings. The number of amides is 1. The summed E-state index contributed by atoms with van der Waals surface area (Å²) in [7, 11) is 2.90. The van der Waals surface area contributed by atoms with Crippen LogP contribution in [0.5, 0.6) is 17.2 Å². The summed E-state index contributed by atoms with van der Waals surface area (Å²) in [6.45, 7) is 0. The molecule has 1 aliphatic heterocycles. The number of methoxy groups -OCH3 is 2. The van der Waals surface area contributed by atoms with E-state index in [1.807, 2.05) is 4.68 Å². The number of phenols is 1. The first kappa shape index (κ1) is 19.4. The Morgan fingerprint density at radius 3 is 2.24 bits per heavy atom. The van der Waals surface area contributed by atoms with Gasteiger partial charge in [0.05, 0.1) is 25.8 Å². The number of fused-ring (bicyclic) bond motifs is 1. The Kier molecular flexibility index (Phi) is 5.25. The van der Waals surface area contributed by atoms with Gasteiger partial charge in [0.25, 0.3) is 5.56 Å². The van der Waals surface area contributed by atoms with Crippen molar-refractivity contribution in [3.63, 3.8) is 0 Å². The summed E-state index contributed by atoms with van der Waals surface area (Å²) in [4.78, 5) is 25.5. The first-order chi connectivity index (χ1) is 14.0. The zero-order chi connectivity index (χ0) is 20.5. The van der Waals surface area contributed by atoms with Crippen molar-refractivity contribution < 1.29 is 19.4 Å². The SMILES string of the molecule is COc1cc(C2CC(=O)Nc3c2c(=O)[nH]n3C2CCCCCC2)cc(OC)c1O. The van der Waals surface area contributed by atoms with Crippen LogP contribution in [0.3, 0.4) is 0 Å². The van der Waals surface area contributed by atoms with Gasteiger partial charge in [-0.15, -0.1) is 0 Å². The number of nitrogens with zero attached hydrogens (tertiary/aromatic N) is 1. The van der Waals surface area contributed by atoms with E-state index in [1.165, 1.54) is 27.1 Å². The second-order valence-corrected chi connectivity index (χ2v) is 7.80. The molecule has 0 spiro atoms. The number of nitrogens with one attached hydrogen (secondary N) is 2. The number of hydrogen-bond acceptors (Lipinski definition) is 5. The number of benzene rings is 1. The average molecular weight is 401 g/mol. The van der Waals surface area contributed by atoms with Crippen molar-refractivity contribution in [1.82, 2.24) is 9.78 Å². The summed E-state index contributed by atoms with van der Waals surface area (Å²) in [5.41, 5.74) is 1.04. The molecule has 1 aliphatic carbocycles. The number of H-pyrrole nitrogens is 1. The molecule has 1 aromatic heterocycles. The molecular weight excluding hydrogens is 374 g/mol. The molecule has 156 valence electrons. The van der Waals surface area contributed by atoms with Crippen LogP contribution in [0.4, 0.5) is 5.82 Å². The largest absolute Gasteiger partial charge is 0.502 e. The van der Waals surface area contributed by atoms with E-state index in [0.717, 1.165) is 25.7 Å². The molecular formula is C21H27N3O5. The number of aromatic nitrogens is 2. The molecule has 4 rings (SSSR count). The Morgan fingerprint density at radius 2 is 1.66 bits per heavy atom. The molecule has 0 radical (unpaired) electrons. The van der Waals surface area contributed by atoms with E-state index in [2.05, 4.69) is 10.4 Å². The van der Waals surface area contributed by atoms with Gasteiger partial charge in [0.2, 0.25) is 11.7 Å². The Balaban J connectivity index is 1.81. The first-order valence-corrected chi connectivity index (χ1v) is 10.1. The standard InChI is InChI=1S/C21H27N3O5/c1-28-15-9-12(10-16(29-2)19(15)26)14-11-17(25)22-20-18(14)21(27)23-24(20)13-7-5-3-4-6-8-13/h9-10,13-14,26H,3-8,11H2,1-2H3,(H,22,25)(H,23,27). The maximum Gasteiger partial charge on any atom is 0.270 e. The molecule has 0 saturated heterocycles. The number of rotatable bonds is 4. The molecule has 29 heavy (non-hydrogen) atoms. The smallest absolute Gasteiger partial charge is 0.270 e. The lowest BCUT2D eigenvalue weighted by atomic mass is 9.86. The number of phenolic OH excluding ortho intramolecular Hbond substituents is 1. The quantitative estimate of drug-likeness (QED) is 0.682. The average Bonchev–Trinajstić information content (AvgIpc) is 2.88. The van der Waals surface area contributed by atoms with Crippen LogP contribution in [0.2, 0.25) is 0 Å². The number of hydrogen-bond donors (Lipinski definition) is 3. The van der Waals surface area contributed by atoms with Gasteiger partial charge in [0.15, 0.2) is 11.5 Å². The lowest BCUT2D eigenvalue weighted by molar-refractivity contribution is -0.116. The van der Waals surface area contributed by atoms with Gasteiger partial charge in [-0.1, -0.05) is 25.7 Å². The van der Waals surface area contributed by atoms with E-state index in [-0.39, 0.29) is 41.2 Å². The van der Waals surface area contributed by atoms with Crippen molar-refractivity contribution >= 4 is 11.7 Å². The summed E-state index contributed by atoms with van der Waals surface area (Å²) in [5, 5.41) is 16.1. The van der Waals surface area contributed by atoms with Crippen molar-refractivity contribution in [1.29, 1.82) is 0 Å². The lowest BCUT2D eigenvalue weighted by Crippen LogP contribution is -2.27. The molecule has 0 bridgehead atoms. The van der Waals surface area contributed by atoms with E-state index in [1.54, 1.807) is 12.1 Å². The van der Waals surface area contributed by atoms with Gasteiger partial charge >= 0.3 is 0 Å². The van der Waals surface area contributed by atoms with Crippen LogP contribution in [0, 0.1) is 0 Å². The fourth-order valence-electron chi connectivity index (χ4n) is 4.57. The highest BCUT2D eigenvalue weighted by Gasteiger charge is 2.35. The lowest BCUT2D eigenvalue weighted by Gasteiger charge is -2.26. The van der Waals surface area contributed by atoms with Gasteiger partial charge in [-0.2, -0.15) is 0 Å². The van der Waals surface area contributed by atoms with Gasteiger partial charge in [0.1, 0.15) is 5.82 Å². The predicted octanol–water partition coefficient (Wildman–Crippen LogP) is 3.27. The van der Waals surface area contributed by atoms with E-state index < -0.39 is 5.92 Å². The normalized spacial score (nSPS) is 19.9. The summed E-state index contributed by atoms with van der Waals surface area (Å²) >= 11 is 0. The van der Waals surface area contributed by atoms with Crippen LogP contribution in [0.1, 0.15) is 68.0 Å². The van der Waals surface area contributed by atoms with Gasteiger partial charge in [-0.3, -0.25) is 19.4 Å². The third-order valence-corrected chi connectivity index (χ3v) is 6.05. The van der Waals surface area contributed by atoms with Gasteiger partial charge < -0.3 is 19.9 Å². The molecule has 8 nitrogen and oxygen atoms in total. The first-order valence-electron chi connectivity index (χ1n) is 10.1. The van der Waals surface area contributed by atoms with E-state index in [0.29, 0.717) is 16.9 Å². The molecule has 1 aromatic carbocycles. The van der Waals surface area contributed by atoms with Crippen LogP contribution >= 0.6 is 0 Å². The highest BCUT2D eigenvalue weighted by Crippen LogP contribution is 2.44. The molecule has 2 heterocycles. The molecule has 8 heteroatoms. The summed E-state index contributed by atoms with van der Waals surface area (Å²) in [6.07, 6.45) is 6.74. The maximum atomic E-state index is 12.9. The molecule has 3 N–H and O–H groups in total. The van der Waals surface area contributed by atoms with Crippen LogP contribution < -0.4 is 20.3 Å². The fraction of sp³-hybridized carbons (Fsp3) is 0.524. The van der Waals surface area contributed by atoms with E-state index in [4.69, 9.17) is 9.47 Å². The Morgan fingerprint density at radius 1 is 1.03 bits per heavy atom. The number of carbonyl (C=O) groups excluding carboxylic acids is 1. The number of ether oxygens (including phenoxy) is 2.